The first-order valence-electron chi connectivity index (χ1n) is 6.65. The van der Waals surface area contributed by atoms with Crippen LogP contribution < -0.4 is 15.5 Å². The highest BCUT2D eigenvalue weighted by molar-refractivity contribution is 5.45. The van der Waals surface area contributed by atoms with Gasteiger partial charge in [0, 0.05) is 20.6 Å². The molecule has 106 valence electrons. The van der Waals surface area contributed by atoms with Crippen molar-refractivity contribution >= 4 is 17.8 Å². The van der Waals surface area contributed by atoms with E-state index in [-0.39, 0.29) is 12.1 Å². The first-order valence-corrected chi connectivity index (χ1v) is 6.65. The zero-order valence-electron chi connectivity index (χ0n) is 11.8. The van der Waals surface area contributed by atoms with Crippen LogP contribution in [0.15, 0.2) is 0 Å². The van der Waals surface area contributed by atoms with E-state index in [1.54, 1.807) is 0 Å². The molecule has 0 aromatic carbocycles. The van der Waals surface area contributed by atoms with E-state index in [1.807, 2.05) is 19.0 Å². The van der Waals surface area contributed by atoms with Crippen molar-refractivity contribution in [2.45, 2.75) is 31.7 Å². The summed E-state index contributed by atoms with van der Waals surface area (Å²) < 4.78 is 0. The molecule has 2 rings (SSSR count). The summed E-state index contributed by atoms with van der Waals surface area (Å²) in [6.45, 7) is 3.01. The minimum atomic E-state index is -0.229. The normalized spacial score (nSPS) is 16.0. The van der Waals surface area contributed by atoms with E-state index in [0.29, 0.717) is 17.8 Å². The van der Waals surface area contributed by atoms with Crippen LogP contribution >= 0.6 is 0 Å². The van der Waals surface area contributed by atoms with Gasteiger partial charge in [0.15, 0.2) is 0 Å². The average Bonchev–Trinajstić information content (AvgIpc) is 3.16. The van der Waals surface area contributed by atoms with E-state index in [9.17, 15) is 5.11 Å². The number of aliphatic hydroxyl groups is 1. The molecule has 1 aliphatic carbocycles. The summed E-state index contributed by atoms with van der Waals surface area (Å²) in [5.74, 6) is 1.69. The zero-order valence-corrected chi connectivity index (χ0v) is 11.8. The van der Waals surface area contributed by atoms with Crippen LogP contribution in [0.5, 0.6) is 0 Å². The lowest BCUT2D eigenvalue weighted by atomic mass is 10.3. The van der Waals surface area contributed by atoms with Gasteiger partial charge >= 0.3 is 0 Å². The number of anilines is 3. The largest absolute Gasteiger partial charge is 0.394 e. The summed E-state index contributed by atoms with van der Waals surface area (Å²) in [5.41, 5.74) is -0.229. The Morgan fingerprint density at radius 3 is 2.42 bits per heavy atom. The lowest BCUT2D eigenvalue weighted by Gasteiger charge is -2.17. The molecule has 1 aromatic rings. The van der Waals surface area contributed by atoms with Crippen molar-refractivity contribution < 1.29 is 5.11 Å². The molecule has 1 saturated carbocycles. The third kappa shape index (κ3) is 3.44. The molecule has 0 bridgehead atoms. The van der Waals surface area contributed by atoms with Crippen molar-refractivity contribution in [1.82, 2.24) is 15.0 Å². The van der Waals surface area contributed by atoms with E-state index >= 15 is 0 Å². The molecule has 1 fully saturated rings. The summed E-state index contributed by atoms with van der Waals surface area (Å²) >= 11 is 0. The molecular weight excluding hydrogens is 244 g/mol. The Kier molecular flexibility index (Phi) is 4.04. The predicted octanol–water partition coefficient (Wildman–Crippen LogP) is 0.696. The fourth-order valence-electron chi connectivity index (χ4n) is 1.65. The SMILES string of the molecule is CCCNc1nc(NC2(CO)CC2)nc(N(C)C)n1. The Labute approximate surface area is 113 Å². The molecular formula is C12H22N6O. The molecule has 7 heteroatoms. The van der Waals surface area contributed by atoms with Crippen molar-refractivity contribution in [3.8, 4) is 0 Å². The molecule has 0 aliphatic heterocycles. The van der Waals surface area contributed by atoms with Crippen molar-refractivity contribution in [3.05, 3.63) is 0 Å². The van der Waals surface area contributed by atoms with Crippen LogP contribution in [0, 0.1) is 0 Å². The summed E-state index contributed by atoms with van der Waals surface area (Å²) in [4.78, 5) is 14.9. The van der Waals surface area contributed by atoms with Gasteiger partial charge in [-0.1, -0.05) is 6.92 Å². The van der Waals surface area contributed by atoms with Crippen molar-refractivity contribution in [3.63, 3.8) is 0 Å². The number of aliphatic hydroxyl groups excluding tert-OH is 1. The monoisotopic (exact) mass is 266 g/mol. The van der Waals surface area contributed by atoms with Gasteiger partial charge in [0.1, 0.15) is 0 Å². The third-order valence-electron chi connectivity index (χ3n) is 3.09. The topological polar surface area (TPSA) is 86.2 Å². The molecule has 7 nitrogen and oxygen atoms in total. The van der Waals surface area contributed by atoms with Gasteiger partial charge in [0.2, 0.25) is 17.8 Å². The minimum absolute atomic E-state index is 0.105. The van der Waals surface area contributed by atoms with Crippen molar-refractivity contribution in [2.24, 2.45) is 0 Å². The maximum absolute atomic E-state index is 9.35. The van der Waals surface area contributed by atoms with Gasteiger partial charge in [0.05, 0.1) is 12.1 Å². The summed E-state index contributed by atoms with van der Waals surface area (Å²) in [5, 5.41) is 15.7. The van der Waals surface area contributed by atoms with Crippen LogP contribution in [0.4, 0.5) is 17.8 Å². The molecule has 0 atom stereocenters. The Balaban J connectivity index is 2.18. The van der Waals surface area contributed by atoms with E-state index in [1.165, 1.54) is 0 Å². The predicted molar refractivity (Wildman–Crippen MR) is 75.6 cm³/mol. The van der Waals surface area contributed by atoms with E-state index in [0.717, 1.165) is 25.8 Å². The van der Waals surface area contributed by atoms with Crippen LogP contribution in [0.2, 0.25) is 0 Å². The minimum Gasteiger partial charge on any atom is -0.394 e. The summed E-state index contributed by atoms with van der Waals surface area (Å²) in [6, 6.07) is 0. The molecule has 0 amide bonds. The van der Waals surface area contributed by atoms with Gasteiger partial charge < -0.3 is 20.6 Å². The Morgan fingerprint density at radius 2 is 1.89 bits per heavy atom. The fraction of sp³-hybridized carbons (Fsp3) is 0.750. The highest BCUT2D eigenvalue weighted by Gasteiger charge is 2.42. The molecule has 3 N–H and O–H groups in total. The molecule has 0 spiro atoms. The van der Waals surface area contributed by atoms with Gasteiger partial charge in [-0.15, -0.1) is 0 Å². The van der Waals surface area contributed by atoms with Crippen LogP contribution in [-0.4, -0.2) is 52.8 Å². The van der Waals surface area contributed by atoms with Crippen LogP contribution in [0.25, 0.3) is 0 Å². The van der Waals surface area contributed by atoms with E-state index in [4.69, 9.17) is 0 Å². The molecule has 0 unspecified atom stereocenters. The van der Waals surface area contributed by atoms with Gasteiger partial charge in [-0.3, -0.25) is 0 Å². The van der Waals surface area contributed by atoms with Crippen molar-refractivity contribution in [1.29, 1.82) is 0 Å². The smallest absolute Gasteiger partial charge is 0.231 e. The second kappa shape index (κ2) is 5.56. The van der Waals surface area contributed by atoms with E-state index in [2.05, 4.69) is 32.5 Å². The van der Waals surface area contributed by atoms with Gasteiger partial charge in [0.25, 0.3) is 0 Å². The third-order valence-corrected chi connectivity index (χ3v) is 3.09. The molecule has 1 aromatic heterocycles. The maximum atomic E-state index is 9.35. The first kappa shape index (κ1) is 13.8. The molecule has 0 saturated heterocycles. The van der Waals surface area contributed by atoms with Crippen LogP contribution in [-0.2, 0) is 0 Å². The second-order valence-electron chi connectivity index (χ2n) is 5.17. The molecule has 1 heterocycles. The quantitative estimate of drug-likeness (QED) is 0.669. The summed E-state index contributed by atoms with van der Waals surface area (Å²) in [7, 11) is 3.78. The number of rotatable bonds is 7. The standard InChI is InChI=1S/C12H22N6O/c1-4-7-13-9-14-10(16-11(15-9)18(2)3)17-12(8-19)5-6-12/h19H,4-8H2,1-3H3,(H2,13,14,15,16,17). The fourth-order valence-corrected chi connectivity index (χ4v) is 1.65. The van der Waals surface area contributed by atoms with Crippen LogP contribution in [0.3, 0.4) is 0 Å². The zero-order chi connectivity index (χ0) is 13.9. The number of hydrogen-bond donors (Lipinski definition) is 3. The van der Waals surface area contributed by atoms with Gasteiger partial charge in [-0.05, 0) is 19.3 Å². The number of hydrogen-bond acceptors (Lipinski definition) is 7. The highest BCUT2D eigenvalue weighted by atomic mass is 16.3. The lowest BCUT2D eigenvalue weighted by molar-refractivity contribution is 0.265. The summed E-state index contributed by atoms with van der Waals surface area (Å²) in [6.07, 6.45) is 2.90. The molecule has 19 heavy (non-hydrogen) atoms. The number of nitrogens with zero attached hydrogens (tertiary/aromatic N) is 4. The van der Waals surface area contributed by atoms with Crippen LogP contribution in [0.1, 0.15) is 26.2 Å². The number of aromatic nitrogens is 3. The first-order chi connectivity index (χ1) is 9.08. The second-order valence-corrected chi connectivity index (χ2v) is 5.17. The number of nitrogens with one attached hydrogen (secondary N) is 2. The Bertz CT molecular complexity index is 432. The van der Waals surface area contributed by atoms with Gasteiger partial charge in [-0.2, -0.15) is 15.0 Å². The van der Waals surface area contributed by atoms with Gasteiger partial charge in [-0.25, -0.2) is 0 Å². The average molecular weight is 266 g/mol. The lowest BCUT2D eigenvalue weighted by Crippen LogP contribution is -2.28. The van der Waals surface area contributed by atoms with E-state index < -0.39 is 0 Å². The highest BCUT2D eigenvalue weighted by Crippen LogP contribution is 2.37. The molecule has 1 aliphatic rings. The Morgan fingerprint density at radius 1 is 1.21 bits per heavy atom. The van der Waals surface area contributed by atoms with Crippen molar-refractivity contribution in [2.75, 3.05) is 42.8 Å². The molecule has 0 radical (unpaired) electrons. The Hall–Kier alpha value is -1.63. The maximum Gasteiger partial charge on any atom is 0.231 e.